The van der Waals surface area contributed by atoms with Gasteiger partial charge in [-0.2, -0.15) is 0 Å². The van der Waals surface area contributed by atoms with Crippen LogP contribution in [0.3, 0.4) is 0 Å². The normalized spacial score (nSPS) is 13.2. The summed E-state index contributed by atoms with van der Waals surface area (Å²) in [6.45, 7) is 4.33. The molecule has 8 nitrogen and oxygen atoms in total. The third kappa shape index (κ3) is 9.73. The minimum Gasteiger partial charge on any atom is -0.567 e. The third-order valence-electron chi connectivity index (χ3n) is 6.67. The molecule has 1 fully saturated rings. The zero-order valence-electron chi connectivity index (χ0n) is 23.5. The number of hydrogen-bond acceptors (Lipinski definition) is 6. The van der Waals surface area contributed by atoms with Crippen molar-refractivity contribution in [2.24, 2.45) is 0 Å². The van der Waals surface area contributed by atoms with E-state index in [0.717, 1.165) is 58.9 Å². The number of morpholine rings is 1. The molecule has 0 radical (unpaired) electrons. The van der Waals surface area contributed by atoms with Crippen LogP contribution in [0.1, 0.15) is 11.1 Å². The molecule has 1 aromatic heterocycles. The largest absolute Gasteiger partial charge is 1.00 e. The number of amides is 1. The van der Waals surface area contributed by atoms with Crippen molar-refractivity contribution in [2.75, 3.05) is 50.2 Å². The Morgan fingerprint density at radius 2 is 1.68 bits per heavy atom. The van der Waals surface area contributed by atoms with Gasteiger partial charge in [0.2, 0.25) is 5.91 Å². The summed E-state index contributed by atoms with van der Waals surface area (Å²) in [5, 5.41) is 3.13. The molecule has 2 N–H and O–H groups in total. The smallest absolute Gasteiger partial charge is 0.567 e. The fourth-order valence-corrected chi connectivity index (χ4v) is 4.60. The Morgan fingerprint density at radius 3 is 2.46 bits per heavy atom. The quantitative estimate of drug-likeness (QED) is 0.199. The minimum absolute atomic E-state index is 0. The molecule has 0 saturated carbocycles. The van der Waals surface area contributed by atoms with Gasteiger partial charge in [0.1, 0.15) is 5.75 Å². The van der Waals surface area contributed by atoms with Crippen molar-refractivity contribution in [1.82, 2.24) is 9.88 Å². The average Bonchev–Trinajstić information content (AvgIpc) is 3.00. The summed E-state index contributed by atoms with van der Waals surface area (Å²) in [4.78, 5) is 19.0. The molecular weight excluding hydrogens is 541 g/mol. The molecule has 9 heteroatoms. The Kier molecular flexibility index (Phi) is 12.8. The van der Waals surface area contributed by atoms with E-state index in [1.165, 1.54) is 0 Å². The van der Waals surface area contributed by atoms with Gasteiger partial charge in [-0.3, -0.25) is 14.7 Å². The van der Waals surface area contributed by atoms with Crippen LogP contribution in [0.5, 0.6) is 5.75 Å². The van der Waals surface area contributed by atoms with Gasteiger partial charge < -0.3 is 25.6 Å². The number of carbonyl (C=O) groups is 1. The zero-order chi connectivity index (χ0) is 27.4. The van der Waals surface area contributed by atoms with Crippen molar-refractivity contribution in [3.63, 3.8) is 0 Å². The molecule has 0 spiro atoms. The van der Waals surface area contributed by atoms with Crippen molar-refractivity contribution in [1.29, 1.82) is 0 Å². The summed E-state index contributed by atoms with van der Waals surface area (Å²) in [6, 6.07) is 27.9. The van der Waals surface area contributed by atoms with Crippen LogP contribution in [0, 0.1) is 0 Å². The second kappa shape index (κ2) is 16.7. The second-order valence-electron chi connectivity index (χ2n) is 9.55. The summed E-state index contributed by atoms with van der Waals surface area (Å²) >= 11 is 0. The van der Waals surface area contributed by atoms with Gasteiger partial charge in [-0.1, -0.05) is 48.5 Å². The van der Waals surface area contributed by atoms with Crippen molar-refractivity contribution in [3.05, 3.63) is 114 Å². The van der Waals surface area contributed by atoms with Crippen molar-refractivity contribution in [2.45, 2.75) is 13.0 Å². The fraction of sp³-hybridized carbons (Fsp3) is 0.250. The van der Waals surface area contributed by atoms with E-state index in [2.05, 4.69) is 44.3 Å². The standard InChI is InChI=1S/C32H34N5O3.K/c38-32(24-37-17-20-39-21-18-37)35-31-10-4-3-9-30(31)29-8-2-1-7-26(29)15-19-40-28-13-11-27(12-14-28)36-34-23-25-6-5-16-33-22-25;/h1-14,16,22,36H,15,17-21,23-24H2,(H,35,38);/q-1;+1. The number of nitrogens with zero attached hydrogens (tertiary/aromatic N) is 3. The Labute approximate surface area is 284 Å². The van der Waals surface area contributed by atoms with Crippen LogP contribution in [0.2, 0.25) is 0 Å². The Morgan fingerprint density at radius 1 is 0.927 bits per heavy atom. The minimum atomic E-state index is -0.0158. The third-order valence-corrected chi connectivity index (χ3v) is 6.67. The molecule has 1 aliphatic rings. The van der Waals surface area contributed by atoms with E-state index in [1.54, 1.807) is 6.20 Å². The molecule has 1 aliphatic heterocycles. The van der Waals surface area contributed by atoms with E-state index in [1.807, 2.05) is 72.9 Å². The van der Waals surface area contributed by atoms with Crippen molar-refractivity contribution < 1.29 is 65.7 Å². The molecule has 1 amide bonds. The second-order valence-corrected chi connectivity index (χ2v) is 9.55. The number of anilines is 2. The molecule has 0 unspecified atom stereocenters. The van der Waals surface area contributed by atoms with Gasteiger partial charge in [-0.25, -0.2) is 0 Å². The number of benzene rings is 3. The van der Waals surface area contributed by atoms with Gasteiger partial charge in [0.25, 0.3) is 0 Å². The first-order chi connectivity index (χ1) is 19.7. The van der Waals surface area contributed by atoms with Gasteiger partial charge in [0.15, 0.2) is 0 Å². The van der Waals surface area contributed by atoms with E-state index >= 15 is 0 Å². The number of ether oxygens (including phenoxy) is 2. The van der Waals surface area contributed by atoms with E-state index in [0.29, 0.717) is 32.9 Å². The molecule has 1 saturated heterocycles. The summed E-state index contributed by atoms with van der Waals surface area (Å²) in [7, 11) is 0. The van der Waals surface area contributed by atoms with Crippen LogP contribution < -0.4 is 66.9 Å². The van der Waals surface area contributed by atoms with Crippen LogP contribution >= 0.6 is 0 Å². The van der Waals surface area contributed by atoms with Gasteiger partial charge in [-0.05, 0) is 53.1 Å². The first kappa shape index (κ1) is 31.3. The van der Waals surface area contributed by atoms with Crippen LogP contribution in [0.4, 0.5) is 11.4 Å². The zero-order valence-corrected chi connectivity index (χ0v) is 26.6. The fourth-order valence-electron chi connectivity index (χ4n) is 4.60. The molecule has 41 heavy (non-hydrogen) atoms. The molecule has 0 bridgehead atoms. The number of hydrogen-bond donors (Lipinski definition) is 2. The summed E-state index contributed by atoms with van der Waals surface area (Å²) in [5.74, 6) is 0.782. The van der Waals surface area contributed by atoms with Gasteiger partial charge >= 0.3 is 51.4 Å². The van der Waals surface area contributed by atoms with Gasteiger partial charge in [0.05, 0.1) is 26.4 Å². The molecule has 4 aromatic rings. The molecule has 2 heterocycles. The number of para-hydroxylation sites is 1. The Balaban J connectivity index is 0.00000387. The van der Waals surface area contributed by atoms with Crippen molar-refractivity contribution in [3.8, 4) is 16.9 Å². The van der Waals surface area contributed by atoms with Crippen LogP contribution in [-0.2, 0) is 22.5 Å². The maximum atomic E-state index is 12.8. The predicted molar refractivity (Wildman–Crippen MR) is 158 cm³/mol. The van der Waals surface area contributed by atoms with E-state index in [4.69, 9.17) is 9.47 Å². The number of aromatic nitrogens is 1. The summed E-state index contributed by atoms with van der Waals surface area (Å²) in [6.07, 6.45) is 4.29. The molecular formula is C32H34KN5O3. The van der Waals surface area contributed by atoms with E-state index < -0.39 is 0 Å². The van der Waals surface area contributed by atoms with E-state index in [9.17, 15) is 4.79 Å². The van der Waals surface area contributed by atoms with Gasteiger partial charge in [-0.15, -0.1) is 6.54 Å². The van der Waals surface area contributed by atoms with Crippen molar-refractivity contribution >= 4 is 17.3 Å². The average molecular weight is 576 g/mol. The van der Waals surface area contributed by atoms with Crippen LogP contribution in [0.15, 0.2) is 97.3 Å². The summed E-state index contributed by atoms with van der Waals surface area (Å²) < 4.78 is 11.4. The van der Waals surface area contributed by atoms with Crippen LogP contribution in [-0.4, -0.2) is 55.2 Å². The first-order valence-corrected chi connectivity index (χ1v) is 13.6. The monoisotopic (exact) mass is 575 g/mol. The predicted octanol–water partition coefficient (Wildman–Crippen LogP) is 2.55. The summed E-state index contributed by atoms with van der Waals surface area (Å²) in [5.41, 5.74) is 13.4. The maximum Gasteiger partial charge on any atom is 1.00 e. The van der Waals surface area contributed by atoms with E-state index in [-0.39, 0.29) is 57.3 Å². The topological polar surface area (TPSA) is 89.8 Å². The molecule has 206 valence electrons. The molecule has 0 atom stereocenters. The molecule has 3 aromatic carbocycles. The van der Waals surface area contributed by atoms with Gasteiger partial charge in [0, 0.05) is 48.8 Å². The molecule has 0 aliphatic carbocycles. The Bertz CT molecular complexity index is 1370. The number of rotatable bonds is 12. The maximum absolute atomic E-state index is 12.8. The number of carbonyl (C=O) groups excluding carboxylic acids is 1. The number of nitrogens with one attached hydrogen (secondary N) is 2. The molecule has 5 rings (SSSR count). The first-order valence-electron chi connectivity index (χ1n) is 13.6. The SMILES string of the molecule is O=C(CN1CCOCC1)Nc1ccccc1-c1ccccc1CCOc1ccc(N[N-]Cc2cccnc2)cc1.[K+]. The van der Waals surface area contributed by atoms with Crippen LogP contribution in [0.25, 0.3) is 16.6 Å². The number of pyridine rings is 1. The Hall–Kier alpha value is -2.60.